The molecule has 4 heteroatoms. The Bertz CT molecular complexity index is 436. The highest BCUT2D eigenvalue weighted by atomic mass is 16.6. The maximum Gasteiger partial charge on any atom is 0.357 e. The molecule has 0 bridgehead atoms. The number of ether oxygens (including phenoxy) is 1. The molecular weight excluding hydrogens is 216 g/mol. The summed E-state index contributed by atoms with van der Waals surface area (Å²) in [5.41, 5.74) is 2.17. The largest absolute Gasteiger partial charge is 0.455 e. The zero-order valence-electron chi connectivity index (χ0n) is 10.5. The lowest BCUT2D eigenvalue weighted by molar-refractivity contribution is 0.00612. The van der Waals surface area contributed by atoms with Crippen LogP contribution in [0.2, 0.25) is 0 Å². The van der Waals surface area contributed by atoms with E-state index in [1.165, 1.54) is 0 Å². The van der Waals surface area contributed by atoms with Crippen LogP contribution in [0.5, 0.6) is 0 Å². The van der Waals surface area contributed by atoms with E-state index in [1.807, 2.05) is 26.8 Å². The van der Waals surface area contributed by atoms with Gasteiger partial charge in [-0.15, -0.1) is 0 Å². The summed E-state index contributed by atoms with van der Waals surface area (Å²) in [6, 6.07) is 1.95. The third-order valence-corrected chi connectivity index (χ3v) is 2.61. The molecule has 0 fully saturated rings. The van der Waals surface area contributed by atoms with Gasteiger partial charge >= 0.3 is 5.97 Å². The topological polar surface area (TPSA) is 51.2 Å². The lowest BCUT2D eigenvalue weighted by atomic mass is 10.00. The molecular formula is C13H18N2O2. The molecule has 0 amide bonds. The number of rotatable bonds is 1. The van der Waals surface area contributed by atoms with Crippen LogP contribution in [0.4, 0.5) is 0 Å². The number of nitrogens with one attached hydrogen (secondary N) is 1. The first-order chi connectivity index (χ1) is 7.97. The van der Waals surface area contributed by atoms with Crippen LogP contribution in [0.25, 0.3) is 0 Å². The van der Waals surface area contributed by atoms with E-state index in [1.54, 1.807) is 6.20 Å². The van der Waals surface area contributed by atoms with Crippen LogP contribution in [0.15, 0.2) is 12.3 Å². The van der Waals surface area contributed by atoms with Crippen LogP contribution in [0.1, 0.15) is 42.4 Å². The molecule has 2 rings (SSSR count). The Labute approximate surface area is 101 Å². The molecule has 0 atom stereocenters. The SMILES string of the molecule is CC(C)(C)OC(=O)c1nccc2c1CCNC2. The summed E-state index contributed by atoms with van der Waals surface area (Å²) in [5, 5.41) is 3.28. The first-order valence-electron chi connectivity index (χ1n) is 5.88. The van der Waals surface area contributed by atoms with E-state index < -0.39 is 5.60 Å². The second-order valence-electron chi connectivity index (χ2n) is 5.23. The van der Waals surface area contributed by atoms with E-state index in [-0.39, 0.29) is 5.97 Å². The zero-order chi connectivity index (χ0) is 12.5. The van der Waals surface area contributed by atoms with E-state index in [0.29, 0.717) is 5.69 Å². The van der Waals surface area contributed by atoms with Crippen molar-refractivity contribution in [3.8, 4) is 0 Å². The molecule has 1 aromatic rings. The van der Waals surface area contributed by atoms with Crippen LogP contribution in [0, 0.1) is 0 Å². The monoisotopic (exact) mass is 234 g/mol. The normalized spacial score (nSPS) is 15.2. The molecule has 0 spiro atoms. The molecule has 4 nitrogen and oxygen atoms in total. The highest BCUT2D eigenvalue weighted by molar-refractivity contribution is 5.89. The van der Waals surface area contributed by atoms with Crippen molar-refractivity contribution < 1.29 is 9.53 Å². The Morgan fingerprint density at radius 2 is 2.24 bits per heavy atom. The minimum Gasteiger partial charge on any atom is -0.455 e. The third kappa shape index (κ3) is 2.82. The zero-order valence-corrected chi connectivity index (χ0v) is 10.5. The van der Waals surface area contributed by atoms with Gasteiger partial charge in [-0.25, -0.2) is 9.78 Å². The van der Waals surface area contributed by atoms with E-state index in [9.17, 15) is 4.79 Å². The third-order valence-electron chi connectivity index (χ3n) is 2.61. The highest BCUT2D eigenvalue weighted by Crippen LogP contribution is 2.19. The summed E-state index contributed by atoms with van der Waals surface area (Å²) in [4.78, 5) is 16.2. The molecule has 1 aliphatic rings. The number of carbonyl (C=O) groups is 1. The van der Waals surface area contributed by atoms with Crippen molar-refractivity contribution in [1.29, 1.82) is 0 Å². The number of hydrogen-bond acceptors (Lipinski definition) is 4. The van der Waals surface area contributed by atoms with Crippen LogP contribution in [-0.4, -0.2) is 23.1 Å². The fraction of sp³-hybridized carbons (Fsp3) is 0.538. The van der Waals surface area contributed by atoms with E-state index in [2.05, 4.69) is 10.3 Å². The first-order valence-corrected chi connectivity index (χ1v) is 5.88. The molecule has 0 unspecified atom stereocenters. The van der Waals surface area contributed by atoms with Gasteiger partial charge in [-0.3, -0.25) is 0 Å². The Morgan fingerprint density at radius 1 is 1.47 bits per heavy atom. The van der Waals surface area contributed by atoms with Crippen molar-refractivity contribution in [2.24, 2.45) is 0 Å². The molecule has 2 heterocycles. The van der Waals surface area contributed by atoms with Gasteiger partial charge in [0.05, 0.1) is 0 Å². The van der Waals surface area contributed by atoms with Gasteiger partial charge in [0.25, 0.3) is 0 Å². The number of nitrogens with zero attached hydrogens (tertiary/aromatic N) is 1. The van der Waals surface area contributed by atoms with Gasteiger partial charge in [-0.1, -0.05) is 0 Å². The van der Waals surface area contributed by atoms with Crippen molar-refractivity contribution in [2.75, 3.05) is 6.54 Å². The van der Waals surface area contributed by atoms with E-state index >= 15 is 0 Å². The van der Waals surface area contributed by atoms with Gasteiger partial charge in [-0.2, -0.15) is 0 Å². The van der Waals surface area contributed by atoms with Crippen LogP contribution >= 0.6 is 0 Å². The molecule has 0 aromatic carbocycles. The molecule has 0 saturated carbocycles. The van der Waals surface area contributed by atoms with Gasteiger partial charge < -0.3 is 10.1 Å². The highest BCUT2D eigenvalue weighted by Gasteiger charge is 2.23. The fourth-order valence-electron chi connectivity index (χ4n) is 1.92. The smallest absolute Gasteiger partial charge is 0.357 e. The Morgan fingerprint density at radius 3 is 2.94 bits per heavy atom. The summed E-state index contributed by atoms with van der Waals surface area (Å²) < 4.78 is 5.37. The van der Waals surface area contributed by atoms with Crippen LogP contribution in [0.3, 0.4) is 0 Å². The van der Waals surface area contributed by atoms with Crippen molar-refractivity contribution in [2.45, 2.75) is 39.3 Å². The summed E-state index contributed by atoms with van der Waals surface area (Å²) in [6.07, 6.45) is 2.50. The number of aromatic nitrogens is 1. The number of carbonyl (C=O) groups excluding carboxylic acids is 1. The maximum atomic E-state index is 12.0. The maximum absolute atomic E-state index is 12.0. The summed E-state index contributed by atoms with van der Waals surface area (Å²) in [5.74, 6) is -0.323. The minimum absolute atomic E-state index is 0.323. The predicted octanol–water partition coefficient (Wildman–Crippen LogP) is 1.68. The molecule has 1 aromatic heterocycles. The molecule has 0 saturated heterocycles. The fourth-order valence-corrected chi connectivity index (χ4v) is 1.92. The average molecular weight is 234 g/mol. The number of esters is 1. The van der Waals surface area contributed by atoms with Crippen molar-refractivity contribution in [3.05, 3.63) is 29.1 Å². The molecule has 0 radical (unpaired) electrons. The van der Waals surface area contributed by atoms with Gasteiger partial charge in [0.2, 0.25) is 0 Å². The van der Waals surface area contributed by atoms with E-state index in [4.69, 9.17) is 4.74 Å². The van der Waals surface area contributed by atoms with Crippen LogP contribution < -0.4 is 5.32 Å². The van der Waals surface area contributed by atoms with E-state index in [0.717, 1.165) is 30.6 Å². The lowest BCUT2D eigenvalue weighted by Crippen LogP contribution is -2.29. The van der Waals surface area contributed by atoms with Gasteiger partial charge in [0.15, 0.2) is 5.69 Å². The second-order valence-corrected chi connectivity index (χ2v) is 5.23. The van der Waals surface area contributed by atoms with Gasteiger partial charge in [0.1, 0.15) is 5.60 Å². The Balaban J connectivity index is 2.29. The summed E-state index contributed by atoms with van der Waals surface area (Å²) >= 11 is 0. The Hall–Kier alpha value is -1.42. The number of hydrogen-bond donors (Lipinski definition) is 1. The summed E-state index contributed by atoms with van der Waals surface area (Å²) in [7, 11) is 0. The number of pyridine rings is 1. The van der Waals surface area contributed by atoms with Crippen LogP contribution in [-0.2, 0) is 17.7 Å². The lowest BCUT2D eigenvalue weighted by Gasteiger charge is -2.22. The molecule has 0 aliphatic carbocycles. The molecule has 92 valence electrons. The van der Waals surface area contributed by atoms with Gasteiger partial charge in [-0.05, 0) is 50.9 Å². The summed E-state index contributed by atoms with van der Waals surface area (Å²) in [6.45, 7) is 7.27. The minimum atomic E-state index is -0.478. The van der Waals surface area contributed by atoms with Crippen molar-refractivity contribution in [1.82, 2.24) is 10.3 Å². The Kier molecular flexibility index (Phi) is 3.15. The van der Waals surface area contributed by atoms with Crippen molar-refractivity contribution >= 4 is 5.97 Å². The standard InChI is InChI=1S/C13H18N2O2/c1-13(2,3)17-12(16)11-10-5-6-14-8-9(10)4-7-15-11/h4,7,14H,5-6,8H2,1-3H3. The van der Waals surface area contributed by atoms with Gasteiger partial charge in [0, 0.05) is 12.7 Å². The molecule has 17 heavy (non-hydrogen) atoms. The predicted molar refractivity (Wildman–Crippen MR) is 64.8 cm³/mol. The molecule has 1 aliphatic heterocycles. The van der Waals surface area contributed by atoms with Crippen molar-refractivity contribution in [3.63, 3.8) is 0 Å². The second kappa shape index (κ2) is 4.45. The average Bonchev–Trinajstić information content (AvgIpc) is 2.26. The molecule has 1 N–H and O–H groups in total. The quantitative estimate of drug-likeness (QED) is 0.751. The number of fused-ring (bicyclic) bond motifs is 1. The first kappa shape index (κ1) is 12.0.